The van der Waals surface area contributed by atoms with Crippen LogP contribution in [0.15, 0.2) is 134 Å². The van der Waals surface area contributed by atoms with Gasteiger partial charge in [0, 0.05) is 33.9 Å². The van der Waals surface area contributed by atoms with Crippen molar-refractivity contribution in [2.45, 2.75) is 0 Å². The highest BCUT2D eigenvalue weighted by atomic mass is 14.9. The molecule has 0 radical (unpaired) electrons. The van der Waals surface area contributed by atoms with Gasteiger partial charge in [-0.25, -0.2) is 0 Å². The minimum absolute atomic E-state index is 1.18. The molecule has 0 unspecified atom stereocenters. The molecule has 0 bridgehead atoms. The number of pyridine rings is 1. The van der Waals surface area contributed by atoms with Crippen LogP contribution in [-0.4, -0.2) is 9.38 Å². The van der Waals surface area contributed by atoms with Crippen LogP contribution < -0.4 is 0 Å². The van der Waals surface area contributed by atoms with Gasteiger partial charge >= 0.3 is 0 Å². The molecule has 0 N–H and O–H groups in total. The molecule has 5 aromatic carbocycles. The predicted octanol–water partition coefficient (Wildman–Crippen LogP) is 9.23. The van der Waals surface area contributed by atoms with Crippen molar-refractivity contribution < 1.29 is 0 Å². The fourth-order valence-electron chi connectivity index (χ4n) is 5.92. The molecule has 2 heteroatoms. The third kappa shape index (κ3) is 3.03. The highest BCUT2D eigenvalue weighted by molar-refractivity contribution is 6.24. The molecule has 3 aromatic heterocycles. The van der Waals surface area contributed by atoms with Gasteiger partial charge in [-0.05, 0) is 81.9 Å². The zero-order valence-corrected chi connectivity index (χ0v) is 20.1. The average molecular weight is 471 g/mol. The molecular weight excluding hydrogens is 448 g/mol. The second-order valence-electron chi connectivity index (χ2n) is 9.69. The molecule has 0 fully saturated rings. The molecule has 0 spiro atoms. The third-order valence-corrected chi connectivity index (χ3v) is 7.61. The lowest BCUT2D eigenvalue weighted by molar-refractivity contribution is 1.33. The van der Waals surface area contributed by atoms with Crippen LogP contribution in [0.4, 0.5) is 0 Å². The van der Waals surface area contributed by atoms with Crippen molar-refractivity contribution in [1.82, 2.24) is 9.38 Å². The van der Waals surface area contributed by atoms with E-state index in [0.29, 0.717) is 0 Å². The van der Waals surface area contributed by atoms with Crippen molar-refractivity contribution in [2.75, 3.05) is 0 Å². The predicted molar refractivity (Wildman–Crippen MR) is 155 cm³/mol. The lowest BCUT2D eigenvalue weighted by atomic mass is 9.95. The Hall–Kier alpha value is -4.95. The number of nitrogens with zero attached hydrogens (tertiary/aromatic N) is 2. The van der Waals surface area contributed by atoms with E-state index in [1.165, 1.54) is 71.5 Å². The Bertz CT molecular complexity index is 2000. The Balaban J connectivity index is 1.34. The van der Waals surface area contributed by atoms with E-state index < -0.39 is 0 Å². The number of fused-ring (bicyclic) bond motifs is 6. The minimum Gasteiger partial charge on any atom is -0.308 e. The summed E-state index contributed by atoms with van der Waals surface area (Å²) >= 11 is 0. The van der Waals surface area contributed by atoms with Crippen molar-refractivity contribution in [3.63, 3.8) is 0 Å². The smallest absolute Gasteiger partial charge is 0.0620 e. The van der Waals surface area contributed by atoms with Crippen LogP contribution >= 0.6 is 0 Å². The van der Waals surface area contributed by atoms with Gasteiger partial charge in [0.2, 0.25) is 0 Å². The van der Waals surface area contributed by atoms with Crippen LogP contribution in [0.5, 0.6) is 0 Å². The molecule has 0 saturated heterocycles. The van der Waals surface area contributed by atoms with Crippen molar-refractivity contribution in [3.8, 4) is 33.4 Å². The van der Waals surface area contributed by atoms with E-state index in [2.05, 4.69) is 131 Å². The Morgan fingerprint density at radius 1 is 0.378 bits per heavy atom. The van der Waals surface area contributed by atoms with Gasteiger partial charge < -0.3 is 4.40 Å². The standard InChI is InChI=1S/C35H22N2/c1-3-13-33-29(11-1)31-21-28(22-32-30-12-2-4-14-34(30)37(33)35(31)32)27-10-6-9-26(20-27)25-8-5-7-24(19-25)23-15-17-36-18-16-23/h1-22H. The number of hydrogen-bond donors (Lipinski definition) is 0. The van der Waals surface area contributed by atoms with Gasteiger partial charge in [-0.3, -0.25) is 4.98 Å². The number of para-hydroxylation sites is 2. The van der Waals surface area contributed by atoms with Crippen molar-refractivity contribution in [3.05, 3.63) is 134 Å². The first-order valence-corrected chi connectivity index (χ1v) is 12.6. The van der Waals surface area contributed by atoms with Gasteiger partial charge in [0.15, 0.2) is 0 Å². The second-order valence-corrected chi connectivity index (χ2v) is 9.69. The molecule has 0 amide bonds. The monoisotopic (exact) mass is 470 g/mol. The molecule has 0 aliphatic rings. The summed E-state index contributed by atoms with van der Waals surface area (Å²) in [6.45, 7) is 0. The fourth-order valence-corrected chi connectivity index (χ4v) is 5.92. The van der Waals surface area contributed by atoms with Gasteiger partial charge in [0.25, 0.3) is 0 Å². The second kappa shape index (κ2) is 7.78. The van der Waals surface area contributed by atoms with E-state index in [4.69, 9.17) is 0 Å². The Kier molecular flexibility index (Phi) is 4.26. The maximum atomic E-state index is 4.16. The van der Waals surface area contributed by atoms with Crippen LogP contribution in [0.2, 0.25) is 0 Å². The van der Waals surface area contributed by atoms with Crippen LogP contribution in [-0.2, 0) is 0 Å². The van der Waals surface area contributed by atoms with Crippen LogP contribution in [0.25, 0.3) is 71.5 Å². The Morgan fingerprint density at radius 2 is 0.865 bits per heavy atom. The van der Waals surface area contributed by atoms with E-state index in [1.54, 1.807) is 0 Å². The van der Waals surface area contributed by atoms with Gasteiger partial charge in [0.1, 0.15) is 0 Å². The summed E-state index contributed by atoms with van der Waals surface area (Å²) in [5, 5.41) is 5.22. The number of hydrogen-bond acceptors (Lipinski definition) is 1. The number of aromatic nitrogens is 2. The first kappa shape index (κ1) is 20.3. The molecule has 8 aromatic rings. The summed E-state index contributed by atoms with van der Waals surface area (Å²) in [5.74, 6) is 0. The van der Waals surface area contributed by atoms with E-state index in [9.17, 15) is 0 Å². The first-order valence-electron chi connectivity index (χ1n) is 12.6. The molecular formula is C35H22N2. The summed E-state index contributed by atoms with van der Waals surface area (Å²) in [6, 6.07) is 44.0. The SMILES string of the molecule is c1cc(-c2ccncc2)cc(-c2cccc(-c3cc4c5ccccc5n5c6ccccc6c(c3)c45)c2)c1. The minimum atomic E-state index is 1.18. The summed E-state index contributed by atoms with van der Waals surface area (Å²) in [6.07, 6.45) is 3.69. The molecule has 3 heterocycles. The Labute approximate surface area is 214 Å². The highest BCUT2D eigenvalue weighted by Gasteiger charge is 2.18. The van der Waals surface area contributed by atoms with Crippen LogP contribution in [0.3, 0.4) is 0 Å². The topological polar surface area (TPSA) is 17.3 Å². The highest BCUT2D eigenvalue weighted by Crippen LogP contribution is 2.42. The molecule has 0 aliphatic heterocycles. The van der Waals surface area contributed by atoms with Gasteiger partial charge in [-0.1, -0.05) is 72.8 Å². The largest absolute Gasteiger partial charge is 0.308 e. The summed E-state index contributed by atoms with van der Waals surface area (Å²) in [7, 11) is 0. The third-order valence-electron chi connectivity index (χ3n) is 7.61. The van der Waals surface area contributed by atoms with Crippen molar-refractivity contribution >= 4 is 38.1 Å². The van der Waals surface area contributed by atoms with Crippen LogP contribution in [0.1, 0.15) is 0 Å². The number of rotatable bonds is 3. The molecule has 0 atom stereocenters. The zero-order chi connectivity index (χ0) is 24.3. The summed E-state index contributed by atoms with van der Waals surface area (Å²) in [4.78, 5) is 4.16. The molecule has 0 saturated carbocycles. The summed E-state index contributed by atoms with van der Waals surface area (Å²) in [5.41, 5.74) is 11.1. The molecule has 37 heavy (non-hydrogen) atoms. The van der Waals surface area contributed by atoms with E-state index >= 15 is 0 Å². The maximum absolute atomic E-state index is 4.16. The number of benzene rings is 5. The molecule has 2 nitrogen and oxygen atoms in total. The fraction of sp³-hybridized carbons (Fsp3) is 0. The quantitative estimate of drug-likeness (QED) is 0.251. The average Bonchev–Trinajstić information content (AvgIpc) is 3.49. The van der Waals surface area contributed by atoms with Gasteiger partial charge in [-0.2, -0.15) is 0 Å². The van der Waals surface area contributed by atoms with Crippen LogP contribution in [0, 0.1) is 0 Å². The molecule has 172 valence electrons. The normalized spacial score (nSPS) is 11.8. The van der Waals surface area contributed by atoms with Gasteiger partial charge in [-0.15, -0.1) is 0 Å². The van der Waals surface area contributed by atoms with Gasteiger partial charge in [0.05, 0.1) is 16.6 Å². The molecule has 8 rings (SSSR count). The zero-order valence-electron chi connectivity index (χ0n) is 20.1. The lowest BCUT2D eigenvalue weighted by Gasteiger charge is -2.09. The van der Waals surface area contributed by atoms with Crippen molar-refractivity contribution in [2.24, 2.45) is 0 Å². The molecule has 0 aliphatic carbocycles. The van der Waals surface area contributed by atoms with E-state index in [0.717, 1.165) is 0 Å². The van der Waals surface area contributed by atoms with E-state index in [1.807, 2.05) is 12.4 Å². The maximum Gasteiger partial charge on any atom is 0.0620 e. The Morgan fingerprint density at radius 3 is 1.43 bits per heavy atom. The summed E-state index contributed by atoms with van der Waals surface area (Å²) < 4.78 is 2.43. The van der Waals surface area contributed by atoms with E-state index in [-0.39, 0.29) is 0 Å². The van der Waals surface area contributed by atoms with Crippen molar-refractivity contribution in [1.29, 1.82) is 0 Å². The lowest BCUT2D eigenvalue weighted by Crippen LogP contribution is -1.84. The first-order chi connectivity index (χ1) is 18.3.